The van der Waals surface area contributed by atoms with Gasteiger partial charge in [-0.1, -0.05) is 35.9 Å². The number of methoxy groups -OCH3 is 2. The molecule has 0 aliphatic carbocycles. The van der Waals surface area contributed by atoms with Crippen LogP contribution in [0.1, 0.15) is 37.4 Å². The summed E-state index contributed by atoms with van der Waals surface area (Å²) in [5.74, 6) is 0.708. The average molecular weight is 430 g/mol. The van der Waals surface area contributed by atoms with E-state index < -0.39 is 5.97 Å². The smallest absolute Gasteiger partial charge is 0.351 e. The van der Waals surface area contributed by atoms with Crippen molar-refractivity contribution in [3.63, 3.8) is 0 Å². The fourth-order valence-corrected chi connectivity index (χ4v) is 3.50. The van der Waals surface area contributed by atoms with E-state index in [0.717, 1.165) is 11.1 Å². The lowest BCUT2D eigenvalue weighted by molar-refractivity contribution is 0.0726. The molecule has 3 aromatic rings. The zero-order chi connectivity index (χ0) is 22.8. The Hall–Kier alpha value is -4.06. The molecule has 3 aromatic carbocycles. The van der Waals surface area contributed by atoms with Crippen molar-refractivity contribution in [3.8, 4) is 23.0 Å². The molecule has 0 amide bonds. The van der Waals surface area contributed by atoms with E-state index in [0.29, 0.717) is 28.4 Å². The first kappa shape index (κ1) is 21.2. The SMILES string of the molecule is COc1cccc(OC)c1C(=O)Oc1ccc2c(c1C)O/C(=C\c1ccc(C)cc1)C2=O. The minimum absolute atomic E-state index is 0.175. The van der Waals surface area contributed by atoms with Gasteiger partial charge < -0.3 is 18.9 Å². The summed E-state index contributed by atoms with van der Waals surface area (Å²) in [6.07, 6.45) is 1.70. The Morgan fingerprint density at radius 2 is 1.53 bits per heavy atom. The zero-order valence-electron chi connectivity index (χ0n) is 18.2. The van der Waals surface area contributed by atoms with Gasteiger partial charge in [-0.3, -0.25) is 4.79 Å². The third-order valence-electron chi connectivity index (χ3n) is 5.25. The van der Waals surface area contributed by atoms with Gasteiger partial charge in [0.15, 0.2) is 5.76 Å². The monoisotopic (exact) mass is 430 g/mol. The third kappa shape index (κ3) is 3.83. The second-order valence-electron chi connectivity index (χ2n) is 7.34. The predicted octanol–water partition coefficient (Wildman–Crippen LogP) is 5.16. The Morgan fingerprint density at radius 3 is 2.16 bits per heavy atom. The molecule has 0 saturated heterocycles. The molecule has 162 valence electrons. The van der Waals surface area contributed by atoms with E-state index in [1.165, 1.54) is 14.2 Å². The molecule has 0 bridgehead atoms. The minimum Gasteiger partial charge on any atom is -0.496 e. The summed E-state index contributed by atoms with van der Waals surface area (Å²) < 4.78 is 22.1. The molecule has 0 unspecified atom stereocenters. The fraction of sp³-hybridized carbons (Fsp3) is 0.154. The van der Waals surface area contributed by atoms with Crippen molar-refractivity contribution < 1.29 is 28.5 Å². The maximum Gasteiger partial charge on any atom is 0.351 e. The highest BCUT2D eigenvalue weighted by atomic mass is 16.5. The highest BCUT2D eigenvalue weighted by molar-refractivity contribution is 6.15. The summed E-state index contributed by atoms with van der Waals surface area (Å²) in [5, 5.41) is 0. The number of Topliss-reactive ketones (excluding diaryl/α,β-unsaturated/α-hetero) is 1. The maximum atomic E-state index is 12.9. The molecule has 1 heterocycles. The molecule has 0 saturated carbocycles. The molecule has 0 atom stereocenters. The standard InChI is InChI=1S/C26H22O6/c1-15-8-10-17(11-9-15)14-22-24(27)18-12-13-19(16(2)25(18)31-22)32-26(28)23-20(29-3)6-5-7-21(23)30-4/h5-14H,1-4H3/b22-14-. The first-order valence-corrected chi connectivity index (χ1v) is 10.0. The van der Waals surface area contributed by atoms with Gasteiger partial charge in [-0.15, -0.1) is 0 Å². The van der Waals surface area contributed by atoms with Gasteiger partial charge in [0.2, 0.25) is 5.78 Å². The molecule has 6 heteroatoms. The first-order chi connectivity index (χ1) is 15.4. The van der Waals surface area contributed by atoms with E-state index >= 15 is 0 Å². The molecule has 6 nitrogen and oxygen atoms in total. The number of hydrogen-bond donors (Lipinski definition) is 0. The van der Waals surface area contributed by atoms with Crippen LogP contribution in [0.15, 0.2) is 60.4 Å². The molecular weight excluding hydrogens is 408 g/mol. The van der Waals surface area contributed by atoms with E-state index in [-0.39, 0.29) is 22.9 Å². The summed E-state index contributed by atoms with van der Waals surface area (Å²) >= 11 is 0. The van der Waals surface area contributed by atoms with Gasteiger partial charge in [-0.05, 0) is 49.8 Å². The lowest BCUT2D eigenvalue weighted by atomic mass is 10.1. The molecular formula is C26H22O6. The molecule has 32 heavy (non-hydrogen) atoms. The van der Waals surface area contributed by atoms with Crippen molar-refractivity contribution in [2.24, 2.45) is 0 Å². The molecule has 0 aromatic heterocycles. The van der Waals surface area contributed by atoms with Crippen molar-refractivity contribution in [2.45, 2.75) is 13.8 Å². The number of ether oxygens (including phenoxy) is 4. The van der Waals surface area contributed by atoms with E-state index in [9.17, 15) is 9.59 Å². The van der Waals surface area contributed by atoms with Crippen LogP contribution >= 0.6 is 0 Å². The van der Waals surface area contributed by atoms with Gasteiger partial charge in [0.25, 0.3) is 0 Å². The van der Waals surface area contributed by atoms with Gasteiger partial charge in [0.05, 0.1) is 19.8 Å². The van der Waals surface area contributed by atoms with Crippen molar-refractivity contribution in [3.05, 3.63) is 88.2 Å². The summed E-state index contributed by atoms with van der Waals surface area (Å²) in [5.41, 5.74) is 3.14. The Kier molecular flexibility index (Phi) is 5.69. The van der Waals surface area contributed by atoms with E-state index in [1.54, 1.807) is 43.3 Å². The van der Waals surface area contributed by atoms with Gasteiger partial charge in [-0.2, -0.15) is 0 Å². The van der Waals surface area contributed by atoms with Crippen LogP contribution in [0, 0.1) is 13.8 Å². The number of esters is 1. The normalized spacial score (nSPS) is 13.5. The quantitative estimate of drug-likeness (QED) is 0.316. The Morgan fingerprint density at radius 1 is 0.875 bits per heavy atom. The van der Waals surface area contributed by atoms with Crippen molar-refractivity contribution in [2.75, 3.05) is 14.2 Å². The zero-order valence-corrected chi connectivity index (χ0v) is 18.2. The van der Waals surface area contributed by atoms with Crippen LogP contribution in [0.4, 0.5) is 0 Å². The topological polar surface area (TPSA) is 71.1 Å². The Labute approximate surface area is 186 Å². The highest BCUT2D eigenvalue weighted by Crippen LogP contribution is 2.40. The number of benzene rings is 3. The largest absolute Gasteiger partial charge is 0.496 e. The number of allylic oxidation sites excluding steroid dienone is 1. The van der Waals surface area contributed by atoms with E-state index in [1.807, 2.05) is 31.2 Å². The number of hydrogen-bond acceptors (Lipinski definition) is 6. The summed E-state index contributed by atoms with van der Waals surface area (Å²) in [4.78, 5) is 25.7. The van der Waals surface area contributed by atoms with Crippen LogP contribution in [-0.2, 0) is 0 Å². The van der Waals surface area contributed by atoms with Crippen molar-refractivity contribution in [1.29, 1.82) is 0 Å². The Bertz CT molecular complexity index is 1220. The van der Waals surface area contributed by atoms with E-state index in [4.69, 9.17) is 18.9 Å². The van der Waals surface area contributed by atoms with E-state index in [2.05, 4.69) is 0 Å². The lowest BCUT2D eigenvalue weighted by Crippen LogP contribution is -2.12. The molecule has 4 rings (SSSR count). The lowest BCUT2D eigenvalue weighted by Gasteiger charge is -2.14. The number of carbonyl (C=O) groups is 2. The van der Waals surface area contributed by atoms with Crippen LogP contribution in [0.3, 0.4) is 0 Å². The van der Waals surface area contributed by atoms with Gasteiger partial charge in [0, 0.05) is 5.56 Å². The first-order valence-electron chi connectivity index (χ1n) is 10.0. The summed E-state index contributed by atoms with van der Waals surface area (Å²) in [6, 6.07) is 16.0. The van der Waals surface area contributed by atoms with Crippen molar-refractivity contribution >= 4 is 17.8 Å². The third-order valence-corrected chi connectivity index (χ3v) is 5.25. The summed E-state index contributed by atoms with van der Waals surface area (Å²) in [6.45, 7) is 3.74. The molecule has 0 fully saturated rings. The maximum absolute atomic E-state index is 12.9. The second-order valence-corrected chi connectivity index (χ2v) is 7.34. The van der Waals surface area contributed by atoms with Crippen LogP contribution in [-0.4, -0.2) is 26.0 Å². The van der Waals surface area contributed by atoms with Crippen LogP contribution in [0.5, 0.6) is 23.0 Å². The van der Waals surface area contributed by atoms with Crippen LogP contribution < -0.4 is 18.9 Å². The number of fused-ring (bicyclic) bond motifs is 1. The summed E-state index contributed by atoms with van der Waals surface area (Å²) in [7, 11) is 2.93. The number of aryl methyl sites for hydroxylation is 1. The highest BCUT2D eigenvalue weighted by Gasteiger charge is 2.31. The average Bonchev–Trinajstić information content (AvgIpc) is 3.12. The van der Waals surface area contributed by atoms with Crippen molar-refractivity contribution in [1.82, 2.24) is 0 Å². The molecule has 1 aliphatic heterocycles. The van der Waals surface area contributed by atoms with Gasteiger partial charge >= 0.3 is 5.97 Å². The number of rotatable bonds is 5. The molecule has 0 radical (unpaired) electrons. The fourth-order valence-electron chi connectivity index (χ4n) is 3.50. The number of ketones is 1. The molecule has 0 N–H and O–H groups in total. The van der Waals surface area contributed by atoms with Crippen LogP contribution in [0.25, 0.3) is 6.08 Å². The van der Waals surface area contributed by atoms with Crippen LogP contribution in [0.2, 0.25) is 0 Å². The Balaban J connectivity index is 1.64. The minimum atomic E-state index is -0.637. The molecule has 0 spiro atoms. The molecule has 1 aliphatic rings. The number of carbonyl (C=O) groups excluding carboxylic acids is 2. The van der Waals surface area contributed by atoms with Gasteiger partial charge in [0.1, 0.15) is 28.6 Å². The van der Waals surface area contributed by atoms with Gasteiger partial charge in [-0.25, -0.2) is 4.79 Å². The second kappa shape index (κ2) is 8.59. The predicted molar refractivity (Wildman–Crippen MR) is 120 cm³/mol.